The van der Waals surface area contributed by atoms with Gasteiger partial charge in [0.15, 0.2) is 0 Å². The molecule has 1 atom stereocenters. The minimum Gasteiger partial charge on any atom is -0.481 e. The fraction of sp³-hybridized carbons (Fsp3) is 0.375. The van der Waals surface area contributed by atoms with Crippen LogP contribution in [-0.2, 0) is 22.3 Å². The third kappa shape index (κ3) is 6.25. The van der Waals surface area contributed by atoms with Crippen LogP contribution >= 0.6 is 11.6 Å². The summed E-state index contributed by atoms with van der Waals surface area (Å²) in [5, 5.41) is 9.48. The van der Waals surface area contributed by atoms with E-state index in [1.54, 1.807) is 24.3 Å². The zero-order chi connectivity index (χ0) is 25.8. The Kier molecular flexibility index (Phi) is 7.94. The van der Waals surface area contributed by atoms with Crippen molar-refractivity contribution in [3.8, 4) is 5.75 Å². The Morgan fingerprint density at radius 1 is 1.14 bits per heavy atom. The van der Waals surface area contributed by atoms with Crippen molar-refractivity contribution in [1.82, 2.24) is 9.80 Å². The summed E-state index contributed by atoms with van der Waals surface area (Å²) >= 11 is 5.92. The minimum absolute atomic E-state index is 0.114. The fourth-order valence-electron chi connectivity index (χ4n) is 3.84. The van der Waals surface area contributed by atoms with Gasteiger partial charge in [-0.15, -0.1) is 0 Å². The summed E-state index contributed by atoms with van der Waals surface area (Å²) in [7, 11) is 0. The number of amides is 2. The predicted octanol–water partition coefficient (Wildman–Crippen LogP) is 5.22. The van der Waals surface area contributed by atoms with Crippen LogP contribution in [-0.4, -0.2) is 51.5 Å². The topological polar surface area (TPSA) is 87.2 Å². The number of carbonyl (C=O) groups is 3. The van der Waals surface area contributed by atoms with Crippen LogP contribution in [0.3, 0.4) is 0 Å². The Bertz CT molecular complexity index is 1090. The summed E-state index contributed by atoms with van der Waals surface area (Å²) in [6, 6.07) is 11.1. The lowest BCUT2D eigenvalue weighted by Crippen LogP contribution is -2.68. The van der Waals surface area contributed by atoms with E-state index in [0.717, 1.165) is 22.6 Å². The van der Waals surface area contributed by atoms with Crippen LogP contribution in [0.1, 0.15) is 37.3 Å². The zero-order valence-electron chi connectivity index (χ0n) is 18.8. The molecule has 0 bridgehead atoms. The van der Waals surface area contributed by atoms with Gasteiger partial charge >= 0.3 is 18.2 Å². The van der Waals surface area contributed by atoms with Crippen molar-refractivity contribution in [1.29, 1.82) is 0 Å². The number of hydrogen-bond donors (Lipinski definition) is 1. The Balaban J connectivity index is 1.78. The molecule has 1 aliphatic heterocycles. The normalized spacial score (nSPS) is 17.5. The summed E-state index contributed by atoms with van der Waals surface area (Å²) in [4.78, 5) is 39.8. The molecule has 1 heterocycles. The molecule has 1 aliphatic rings. The molecular weight excluding hydrogens is 489 g/mol. The number of carbonyl (C=O) groups excluding carboxylic acids is 2. The number of aliphatic carboxylic acids is 1. The Labute approximate surface area is 205 Å². The lowest BCUT2D eigenvalue weighted by molar-refractivity contribution is -0.151. The van der Waals surface area contributed by atoms with Crippen LogP contribution in [0.5, 0.6) is 5.75 Å². The molecule has 188 valence electrons. The molecular formula is C24H24ClF3N2O5. The Morgan fingerprint density at radius 3 is 2.37 bits per heavy atom. The van der Waals surface area contributed by atoms with Crippen LogP contribution in [0.4, 0.5) is 18.0 Å². The lowest BCUT2D eigenvalue weighted by Gasteiger charge is -2.49. The van der Waals surface area contributed by atoms with Gasteiger partial charge in [-0.3, -0.25) is 14.5 Å². The molecule has 0 saturated carbocycles. The third-order valence-electron chi connectivity index (χ3n) is 5.88. The molecule has 35 heavy (non-hydrogen) atoms. The number of para-hydroxylation sites is 1. The van der Waals surface area contributed by atoms with Crippen molar-refractivity contribution in [2.45, 2.75) is 44.4 Å². The highest BCUT2D eigenvalue weighted by Crippen LogP contribution is 2.38. The van der Waals surface area contributed by atoms with Crippen molar-refractivity contribution < 1.29 is 37.4 Å². The van der Waals surface area contributed by atoms with Crippen molar-refractivity contribution in [3.63, 3.8) is 0 Å². The molecule has 11 heteroatoms. The molecule has 0 radical (unpaired) electrons. The highest BCUT2D eigenvalue weighted by Gasteiger charge is 2.52. The average molecular weight is 513 g/mol. The molecule has 1 unspecified atom stereocenters. The maximum atomic E-state index is 13.5. The van der Waals surface area contributed by atoms with Gasteiger partial charge in [0.2, 0.25) is 5.91 Å². The summed E-state index contributed by atoms with van der Waals surface area (Å²) in [6.07, 6.45) is -5.47. The predicted molar refractivity (Wildman–Crippen MR) is 121 cm³/mol. The summed E-state index contributed by atoms with van der Waals surface area (Å²) in [5.41, 5.74) is -1.70. The van der Waals surface area contributed by atoms with Crippen LogP contribution in [0, 0.1) is 0 Å². The molecule has 0 aliphatic carbocycles. The monoisotopic (exact) mass is 512 g/mol. The van der Waals surface area contributed by atoms with Gasteiger partial charge in [-0.05, 0) is 49.6 Å². The first-order valence-electron chi connectivity index (χ1n) is 10.8. The summed E-state index contributed by atoms with van der Waals surface area (Å²) in [5.74, 6) is -2.11. The van der Waals surface area contributed by atoms with Gasteiger partial charge in [-0.25, -0.2) is 4.79 Å². The molecule has 0 aromatic heterocycles. The highest BCUT2D eigenvalue weighted by molar-refractivity contribution is 6.30. The number of carboxylic acid groups (broad SMARTS) is 1. The van der Waals surface area contributed by atoms with E-state index in [2.05, 4.69) is 0 Å². The first-order chi connectivity index (χ1) is 16.4. The molecule has 2 aromatic carbocycles. The highest BCUT2D eigenvalue weighted by atomic mass is 35.5. The average Bonchev–Trinajstić information content (AvgIpc) is 2.77. The SMILES string of the molecule is CC1(C(=O)N(CCCC(=O)O)Cc2ccc(Cl)cc2)CCN1C(=O)Oc1ccccc1C(F)(F)F. The van der Waals surface area contributed by atoms with E-state index in [1.807, 2.05) is 0 Å². The van der Waals surface area contributed by atoms with Crippen molar-refractivity contribution in [2.24, 2.45) is 0 Å². The first-order valence-corrected chi connectivity index (χ1v) is 11.2. The Morgan fingerprint density at radius 2 is 1.80 bits per heavy atom. The Hall–Kier alpha value is -3.27. The maximum Gasteiger partial charge on any atom is 0.419 e. The van der Waals surface area contributed by atoms with E-state index in [0.29, 0.717) is 5.02 Å². The molecule has 2 amide bonds. The minimum atomic E-state index is -4.72. The van der Waals surface area contributed by atoms with E-state index < -0.39 is 41.0 Å². The van der Waals surface area contributed by atoms with E-state index >= 15 is 0 Å². The standard InChI is InChI=1S/C24H24ClF3N2O5/c1-23(12-14-30(23)22(34)35-19-6-3-2-5-18(19)24(26,27)28)21(33)29(13-4-7-20(31)32)15-16-8-10-17(25)11-9-16/h2-3,5-6,8-11H,4,7,12-15H2,1H3,(H,31,32). The molecule has 2 aromatic rings. The first kappa shape index (κ1) is 26.3. The van der Waals surface area contributed by atoms with Crippen molar-refractivity contribution >= 4 is 29.6 Å². The van der Waals surface area contributed by atoms with Crippen molar-refractivity contribution in [3.05, 3.63) is 64.7 Å². The molecule has 3 rings (SSSR count). The largest absolute Gasteiger partial charge is 0.481 e. The number of benzene rings is 2. The number of likely N-dealkylation sites (tertiary alicyclic amines) is 1. The number of halogens is 4. The lowest BCUT2D eigenvalue weighted by atomic mass is 9.85. The van der Waals surface area contributed by atoms with Crippen LogP contribution in [0.2, 0.25) is 5.02 Å². The quantitative estimate of drug-likeness (QED) is 0.524. The van der Waals surface area contributed by atoms with Gasteiger partial charge in [0.1, 0.15) is 11.3 Å². The molecule has 1 fully saturated rings. The number of hydrogen-bond acceptors (Lipinski definition) is 4. The number of nitrogens with zero attached hydrogens (tertiary/aromatic N) is 2. The zero-order valence-corrected chi connectivity index (χ0v) is 19.6. The number of ether oxygens (including phenoxy) is 1. The van der Waals surface area contributed by atoms with E-state index in [-0.39, 0.29) is 38.9 Å². The molecule has 1 saturated heterocycles. The summed E-state index contributed by atoms with van der Waals surface area (Å²) in [6.45, 7) is 1.90. The van der Waals surface area contributed by atoms with Gasteiger partial charge < -0.3 is 14.7 Å². The molecule has 1 N–H and O–H groups in total. The van der Waals surface area contributed by atoms with Gasteiger partial charge in [-0.2, -0.15) is 13.2 Å². The maximum absolute atomic E-state index is 13.5. The second-order valence-corrected chi connectivity index (χ2v) is 8.82. The van der Waals surface area contributed by atoms with E-state index in [4.69, 9.17) is 21.4 Å². The van der Waals surface area contributed by atoms with Gasteiger partial charge in [0.25, 0.3) is 0 Å². The second-order valence-electron chi connectivity index (χ2n) is 8.39. The smallest absolute Gasteiger partial charge is 0.419 e. The van der Waals surface area contributed by atoms with Crippen molar-refractivity contribution in [2.75, 3.05) is 13.1 Å². The molecule has 0 spiro atoms. The molecule has 7 nitrogen and oxygen atoms in total. The van der Waals surface area contributed by atoms with Gasteiger partial charge in [0.05, 0.1) is 5.56 Å². The third-order valence-corrected chi connectivity index (χ3v) is 6.13. The van der Waals surface area contributed by atoms with Crippen LogP contribution in [0.25, 0.3) is 0 Å². The second kappa shape index (κ2) is 10.6. The number of carboxylic acids is 1. The van der Waals surface area contributed by atoms with E-state index in [1.165, 1.54) is 24.0 Å². The fourth-order valence-corrected chi connectivity index (χ4v) is 3.96. The van der Waals surface area contributed by atoms with Crippen LogP contribution in [0.15, 0.2) is 48.5 Å². The number of rotatable bonds is 8. The van der Waals surface area contributed by atoms with Gasteiger partial charge in [0, 0.05) is 31.1 Å². The van der Waals surface area contributed by atoms with E-state index in [9.17, 15) is 27.6 Å². The van der Waals surface area contributed by atoms with Gasteiger partial charge in [-0.1, -0.05) is 35.9 Å². The summed E-state index contributed by atoms with van der Waals surface area (Å²) < 4.78 is 44.9. The van der Waals surface area contributed by atoms with Crippen LogP contribution < -0.4 is 4.74 Å². The number of alkyl halides is 3.